The van der Waals surface area contributed by atoms with Gasteiger partial charge in [-0.3, -0.25) is 9.59 Å². The van der Waals surface area contributed by atoms with E-state index in [1.54, 1.807) is 6.08 Å². The molecule has 0 unspecified atom stereocenters. The van der Waals surface area contributed by atoms with Crippen molar-refractivity contribution in [2.45, 2.75) is 63.4 Å². The third-order valence-electron chi connectivity index (χ3n) is 8.78. The minimum atomic E-state index is -1.08. The molecule has 3 amide bonds. The molecule has 4 N–H and O–H groups in total. The van der Waals surface area contributed by atoms with E-state index in [1.807, 2.05) is 115 Å². The molecule has 0 aliphatic heterocycles. The second-order valence-corrected chi connectivity index (χ2v) is 13.3. The first-order valence-corrected chi connectivity index (χ1v) is 18.6. The molecule has 0 bridgehead atoms. The molecule has 4 aromatic rings. The SMILES string of the molecule is C=CC[C@H](CC(=O)N[C@H](CO)Cc1ccccc1)C(=O)N[C@H](COC(=O)[C@@H](CC=C)NC(=O)OCc1ccccc1)Cc1ccc(OCc2ccccc2)cc1. The van der Waals surface area contributed by atoms with Crippen LogP contribution in [0.15, 0.2) is 141 Å². The summed E-state index contributed by atoms with van der Waals surface area (Å²) in [5.74, 6) is -1.69. The Labute approximate surface area is 328 Å². The number of nitrogens with one attached hydrogen (secondary N) is 3. The van der Waals surface area contributed by atoms with E-state index in [0.29, 0.717) is 18.8 Å². The number of esters is 1. The van der Waals surface area contributed by atoms with Gasteiger partial charge in [-0.05, 0) is 60.1 Å². The molecule has 0 aliphatic rings. The van der Waals surface area contributed by atoms with Crippen LogP contribution in [0.2, 0.25) is 0 Å². The van der Waals surface area contributed by atoms with Crippen LogP contribution in [-0.2, 0) is 49.9 Å². The summed E-state index contributed by atoms with van der Waals surface area (Å²) >= 11 is 0. The van der Waals surface area contributed by atoms with E-state index in [1.165, 1.54) is 6.08 Å². The average Bonchev–Trinajstić information content (AvgIpc) is 3.22. The van der Waals surface area contributed by atoms with Gasteiger partial charge >= 0.3 is 12.1 Å². The molecule has 0 aromatic heterocycles. The van der Waals surface area contributed by atoms with Gasteiger partial charge in [0.1, 0.15) is 31.6 Å². The molecule has 4 aromatic carbocycles. The Hall–Kier alpha value is -6.20. The first kappa shape index (κ1) is 42.5. The number of hydrogen-bond acceptors (Lipinski definition) is 8. The topological polar surface area (TPSA) is 152 Å². The molecule has 56 heavy (non-hydrogen) atoms. The van der Waals surface area contributed by atoms with E-state index in [0.717, 1.165) is 22.3 Å². The highest BCUT2D eigenvalue weighted by Crippen LogP contribution is 2.17. The second-order valence-electron chi connectivity index (χ2n) is 13.3. The Balaban J connectivity index is 1.42. The van der Waals surface area contributed by atoms with Crippen molar-refractivity contribution in [3.8, 4) is 5.75 Å². The fourth-order valence-electron chi connectivity index (χ4n) is 5.84. The minimum absolute atomic E-state index is 0.0182. The number of hydrogen-bond donors (Lipinski definition) is 4. The summed E-state index contributed by atoms with van der Waals surface area (Å²) in [5, 5.41) is 18.3. The first-order chi connectivity index (χ1) is 27.3. The number of aliphatic hydroxyl groups excluding tert-OH is 1. The van der Waals surface area contributed by atoms with E-state index in [2.05, 4.69) is 29.1 Å². The zero-order valence-corrected chi connectivity index (χ0v) is 31.5. The van der Waals surface area contributed by atoms with Crippen LogP contribution in [0.4, 0.5) is 4.79 Å². The lowest BCUT2D eigenvalue weighted by atomic mass is 9.97. The maximum Gasteiger partial charge on any atom is 0.408 e. The van der Waals surface area contributed by atoms with Crippen molar-refractivity contribution in [1.29, 1.82) is 0 Å². The van der Waals surface area contributed by atoms with Gasteiger partial charge < -0.3 is 35.3 Å². The molecule has 0 saturated carbocycles. The summed E-state index contributed by atoms with van der Waals surface area (Å²) in [6.45, 7) is 7.39. The number of allylic oxidation sites excluding steroid dienone is 1. The summed E-state index contributed by atoms with van der Waals surface area (Å²) in [4.78, 5) is 52.8. The lowest BCUT2D eigenvalue weighted by molar-refractivity contribution is -0.147. The quantitative estimate of drug-likeness (QED) is 0.0530. The lowest BCUT2D eigenvalue weighted by Gasteiger charge is -2.24. The smallest absolute Gasteiger partial charge is 0.408 e. The fourth-order valence-corrected chi connectivity index (χ4v) is 5.84. The molecule has 0 saturated heterocycles. The summed E-state index contributed by atoms with van der Waals surface area (Å²) in [6.07, 6.45) is 3.08. The van der Waals surface area contributed by atoms with E-state index in [9.17, 15) is 24.3 Å². The third kappa shape index (κ3) is 15.3. The molecule has 0 spiro atoms. The highest BCUT2D eigenvalue weighted by Gasteiger charge is 2.27. The number of amides is 3. The van der Waals surface area contributed by atoms with Crippen molar-refractivity contribution in [3.05, 3.63) is 163 Å². The molecule has 0 radical (unpaired) electrons. The molecule has 0 heterocycles. The third-order valence-corrected chi connectivity index (χ3v) is 8.78. The van der Waals surface area contributed by atoms with Crippen LogP contribution >= 0.6 is 0 Å². The zero-order valence-electron chi connectivity index (χ0n) is 31.5. The van der Waals surface area contributed by atoms with Crippen molar-refractivity contribution in [2.24, 2.45) is 5.92 Å². The van der Waals surface area contributed by atoms with Crippen LogP contribution in [0.5, 0.6) is 5.75 Å². The Morgan fingerprint density at radius 1 is 0.625 bits per heavy atom. The van der Waals surface area contributed by atoms with E-state index >= 15 is 0 Å². The average molecular weight is 762 g/mol. The predicted molar refractivity (Wildman–Crippen MR) is 214 cm³/mol. The minimum Gasteiger partial charge on any atom is -0.489 e. The van der Waals surface area contributed by atoms with Crippen LogP contribution < -0.4 is 20.7 Å². The number of aliphatic hydroxyl groups is 1. The normalized spacial score (nSPS) is 12.8. The van der Waals surface area contributed by atoms with Crippen molar-refractivity contribution in [2.75, 3.05) is 13.2 Å². The van der Waals surface area contributed by atoms with Crippen molar-refractivity contribution in [3.63, 3.8) is 0 Å². The van der Waals surface area contributed by atoms with Crippen molar-refractivity contribution < 1.29 is 38.5 Å². The maximum atomic E-state index is 13.8. The molecule has 0 fully saturated rings. The van der Waals surface area contributed by atoms with Gasteiger partial charge in [0.05, 0.1) is 24.6 Å². The molecule has 11 heteroatoms. The standard InChI is InChI=1S/C45H51N3O8/c1-3-14-37(28-42(50)46-38(29-49)26-33-16-8-5-9-17-33)43(51)47-39(27-34-22-24-40(25-23-34)54-30-35-18-10-6-11-19-35)32-55-44(52)41(15-4-2)48-45(53)56-31-36-20-12-7-13-21-36/h3-13,16-25,37-39,41,49H,1-2,14-15,26-32H2,(H,46,50)(H,47,51)(H,48,53)/t37-,38+,39+,41-/m1/s1. The number of alkyl carbamates (subject to hydrolysis) is 1. The van der Waals surface area contributed by atoms with Crippen LogP contribution in [0.3, 0.4) is 0 Å². The van der Waals surface area contributed by atoms with E-state index in [4.69, 9.17) is 14.2 Å². The molecule has 4 rings (SSSR count). The largest absolute Gasteiger partial charge is 0.489 e. The summed E-state index contributed by atoms with van der Waals surface area (Å²) in [6, 6.07) is 33.4. The van der Waals surface area contributed by atoms with Gasteiger partial charge in [-0.25, -0.2) is 9.59 Å². The van der Waals surface area contributed by atoms with Crippen LogP contribution in [-0.4, -0.2) is 60.3 Å². The highest BCUT2D eigenvalue weighted by atomic mass is 16.6. The maximum absolute atomic E-state index is 13.8. The van der Waals surface area contributed by atoms with Crippen LogP contribution in [0.1, 0.15) is 41.5 Å². The first-order valence-electron chi connectivity index (χ1n) is 18.6. The van der Waals surface area contributed by atoms with Gasteiger partial charge in [0, 0.05) is 6.42 Å². The zero-order chi connectivity index (χ0) is 40.0. The molecule has 4 atom stereocenters. The summed E-state index contributed by atoms with van der Waals surface area (Å²) in [5.41, 5.74) is 3.59. The Morgan fingerprint density at radius 3 is 1.77 bits per heavy atom. The number of rotatable bonds is 23. The summed E-state index contributed by atoms with van der Waals surface area (Å²) < 4.78 is 16.9. The van der Waals surface area contributed by atoms with Gasteiger partial charge in [-0.15, -0.1) is 13.2 Å². The monoisotopic (exact) mass is 761 g/mol. The van der Waals surface area contributed by atoms with Crippen molar-refractivity contribution in [1.82, 2.24) is 16.0 Å². The number of carbonyl (C=O) groups excluding carboxylic acids is 4. The van der Waals surface area contributed by atoms with Crippen LogP contribution in [0, 0.1) is 5.92 Å². The van der Waals surface area contributed by atoms with Crippen LogP contribution in [0.25, 0.3) is 0 Å². The molecular formula is C45H51N3O8. The molecule has 0 aliphatic carbocycles. The molecular weight excluding hydrogens is 711 g/mol. The fraction of sp³-hybridized carbons (Fsp3) is 0.289. The second kappa shape index (κ2) is 23.6. The lowest BCUT2D eigenvalue weighted by Crippen LogP contribution is -2.47. The Kier molecular flexibility index (Phi) is 17.9. The summed E-state index contributed by atoms with van der Waals surface area (Å²) in [7, 11) is 0. The molecule has 294 valence electrons. The van der Waals surface area contributed by atoms with Gasteiger partial charge in [-0.1, -0.05) is 115 Å². The van der Waals surface area contributed by atoms with Gasteiger partial charge in [-0.2, -0.15) is 0 Å². The highest BCUT2D eigenvalue weighted by molar-refractivity contribution is 5.86. The predicted octanol–water partition coefficient (Wildman–Crippen LogP) is 6.01. The van der Waals surface area contributed by atoms with Gasteiger partial charge in [0.2, 0.25) is 11.8 Å². The van der Waals surface area contributed by atoms with Crippen molar-refractivity contribution >= 4 is 23.9 Å². The van der Waals surface area contributed by atoms with Gasteiger partial charge in [0.25, 0.3) is 0 Å². The number of benzene rings is 4. The molecule has 11 nitrogen and oxygen atoms in total. The van der Waals surface area contributed by atoms with E-state index in [-0.39, 0.29) is 45.5 Å². The number of ether oxygens (including phenoxy) is 3. The Morgan fingerprint density at radius 2 is 1.18 bits per heavy atom. The van der Waals surface area contributed by atoms with Gasteiger partial charge in [0.15, 0.2) is 0 Å². The number of carbonyl (C=O) groups is 4. The Bertz CT molecular complexity index is 1820. The van der Waals surface area contributed by atoms with E-state index < -0.39 is 47.9 Å².